The van der Waals surface area contributed by atoms with Gasteiger partial charge >= 0.3 is 5.97 Å². The molecule has 1 N–H and O–H groups in total. The molecule has 0 aliphatic carbocycles. The van der Waals surface area contributed by atoms with Crippen molar-refractivity contribution in [3.8, 4) is 34.2 Å². The molecule has 3 aromatic carbocycles. The van der Waals surface area contributed by atoms with Crippen molar-refractivity contribution in [1.29, 1.82) is 5.26 Å². The molecule has 0 radical (unpaired) electrons. The highest BCUT2D eigenvalue weighted by molar-refractivity contribution is 7.90. The average Bonchev–Trinajstić information content (AvgIpc) is 3.54. The zero-order chi connectivity index (χ0) is 26.9. The third-order valence-corrected chi connectivity index (χ3v) is 8.87. The van der Waals surface area contributed by atoms with Gasteiger partial charge in [-0.15, -0.1) is 11.3 Å². The topological polar surface area (TPSA) is 109 Å². The van der Waals surface area contributed by atoms with Gasteiger partial charge in [-0.2, -0.15) is 5.26 Å². The molecule has 0 bridgehead atoms. The summed E-state index contributed by atoms with van der Waals surface area (Å²) in [6.45, 7) is 0. The van der Waals surface area contributed by atoms with Crippen molar-refractivity contribution in [3.05, 3.63) is 94.7 Å². The summed E-state index contributed by atoms with van der Waals surface area (Å²) in [6.07, 6.45) is 0.357. The molecule has 5 rings (SSSR count). The summed E-state index contributed by atoms with van der Waals surface area (Å²) in [5.41, 5.74) is 3.67. The van der Waals surface area contributed by atoms with E-state index in [9.17, 15) is 18.5 Å². The normalized spacial score (nSPS) is 11.4. The SMILES string of the molecule is COc1ccc(S(=O)(=O)n2c(-c3ccc(CCC(=O)O)cc3)c(-c3ccsc3C#N)c3ccccc32)cc1. The van der Waals surface area contributed by atoms with E-state index in [1.165, 1.54) is 34.6 Å². The molecule has 0 unspecified atom stereocenters. The Hall–Kier alpha value is -4.39. The van der Waals surface area contributed by atoms with Crippen molar-refractivity contribution in [3.63, 3.8) is 0 Å². The van der Waals surface area contributed by atoms with Crippen LogP contribution in [0.1, 0.15) is 16.9 Å². The summed E-state index contributed by atoms with van der Waals surface area (Å²) < 4.78 is 35.0. The Morgan fingerprint density at radius 1 is 1.03 bits per heavy atom. The number of nitriles is 1. The number of benzene rings is 3. The fourth-order valence-electron chi connectivity index (χ4n) is 4.52. The summed E-state index contributed by atoms with van der Waals surface area (Å²) in [5, 5.41) is 21.4. The van der Waals surface area contributed by atoms with Crippen LogP contribution in [0, 0.1) is 11.3 Å². The van der Waals surface area contributed by atoms with Gasteiger partial charge in [0.1, 0.15) is 16.7 Å². The summed E-state index contributed by atoms with van der Waals surface area (Å²) in [7, 11) is -2.57. The van der Waals surface area contributed by atoms with Gasteiger partial charge in [-0.1, -0.05) is 42.5 Å². The molecule has 5 aromatic rings. The highest BCUT2D eigenvalue weighted by Crippen LogP contribution is 2.45. The van der Waals surface area contributed by atoms with Gasteiger partial charge in [0.05, 0.1) is 23.2 Å². The number of carboxylic acids is 1. The summed E-state index contributed by atoms with van der Waals surface area (Å²) in [4.78, 5) is 11.6. The minimum atomic E-state index is -4.09. The standard InChI is InChI=1S/C29H22N2O5S2/c1-36-21-11-13-22(14-12-21)38(34,35)31-25-5-3-2-4-23(25)28(24-16-17-37-26(24)18-30)29(31)20-9-6-19(7-10-20)8-15-27(32)33/h2-7,9-14,16-17H,8,15H2,1H3,(H,32,33). The third-order valence-electron chi connectivity index (χ3n) is 6.32. The molecule has 0 aliphatic heterocycles. The lowest BCUT2D eigenvalue weighted by molar-refractivity contribution is -0.136. The van der Waals surface area contributed by atoms with Crippen LogP contribution >= 0.6 is 11.3 Å². The number of fused-ring (bicyclic) bond motifs is 1. The Labute approximate surface area is 223 Å². The highest BCUT2D eigenvalue weighted by atomic mass is 32.2. The number of aryl methyl sites for hydroxylation is 1. The lowest BCUT2D eigenvalue weighted by atomic mass is 9.98. The van der Waals surface area contributed by atoms with Gasteiger partial charge in [0.15, 0.2) is 0 Å². The van der Waals surface area contributed by atoms with E-state index in [0.717, 1.165) is 5.56 Å². The molecule has 0 amide bonds. The Morgan fingerprint density at radius 2 is 1.74 bits per heavy atom. The minimum absolute atomic E-state index is 0.00284. The molecule has 190 valence electrons. The first-order chi connectivity index (χ1) is 18.3. The van der Waals surface area contributed by atoms with Gasteiger partial charge in [-0.25, -0.2) is 12.4 Å². The van der Waals surface area contributed by atoms with Gasteiger partial charge in [-0.05, 0) is 59.3 Å². The van der Waals surface area contributed by atoms with Crippen molar-refractivity contribution in [2.75, 3.05) is 7.11 Å². The molecule has 7 nitrogen and oxygen atoms in total. The fourth-order valence-corrected chi connectivity index (χ4v) is 6.76. The number of hydrogen-bond donors (Lipinski definition) is 1. The molecule has 2 aromatic heterocycles. The minimum Gasteiger partial charge on any atom is -0.497 e. The molecule has 0 saturated heterocycles. The smallest absolute Gasteiger partial charge is 0.303 e. The Balaban J connectivity index is 1.82. The number of hydrogen-bond acceptors (Lipinski definition) is 6. The fraction of sp³-hybridized carbons (Fsp3) is 0.103. The zero-order valence-electron chi connectivity index (χ0n) is 20.3. The van der Waals surface area contributed by atoms with E-state index in [2.05, 4.69) is 6.07 Å². The first kappa shape index (κ1) is 25.3. The Bertz CT molecular complexity index is 1790. The first-order valence-corrected chi connectivity index (χ1v) is 14.0. The van der Waals surface area contributed by atoms with Gasteiger partial charge in [-0.3, -0.25) is 4.79 Å². The van der Waals surface area contributed by atoms with Crippen LogP contribution in [0.25, 0.3) is 33.3 Å². The number of methoxy groups -OCH3 is 1. The van der Waals surface area contributed by atoms with E-state index in [0.29, 0.717) is 50.3 Å². The predicted molar refractivity (Wildman–Crippen MR) is 147 cm³/mol. The average molecular weight is 543 g/mol. The third kappa shape index (κ3) is 4.45. The van der Waals surface area contributed by atoms with Crippen molar-refractivity contribution in [2.24, 2.45) is 0 Å². The van der Waals surface area contributed by atoms with Gasteiger partial charge in [0, 0.05) is 22.9 Å². The number of aliphatic carboxylic acids is 1. The van der Waals surface area contributed by atoms with E-state index in [1.54, 1.807) is 36.4 Å². The second kappa shape index (κ2) is 10.2. The number of carboxylic acid groups (broad SMARTS) is 1. The van der Waals surface area contributed by atoms with Crippen molar-refractivity contribution >= 4 is 38.2 Å². The lowest BCUT2D eigenvalue weighted by Gasteiger charge is -2.14. The van der Waals surface area contributed by atoms with E-state index in [4.69, 9.17) is 9.84 Å². The maximum absolute atomic E-state index is 14.2. The number of rotatable bonds is 8. The number of aromatic nitrogens is 1. The van der Waals surface area contributed by atoms with Crippen molar-refractivity contribution < 1.29 is 23.1 Å². The monoisotopic (exact) mass is 542 g/mol. The molecule has 0 aliphatic rings. The molecule has 0 atom stereocenters. The van der Waals surface area contributed by atoms with E-state index >= 15 is 0 Å². The van der Waals surface area contributed by atoms with Gasteiger partial charge in [0.2, 0.25) is 0 Å². The van der Waals surface area contributed by atoms with Crippen molar-refractivity contribution in [1.82, 2.24) is 3.97 Å². The van der Waals surface area contributed by atoms with E-state index in [-0.39, 0.29) is 11.3 Å². The van der Waals surface area contributed by atoms with Crippen LogP contribution in [0.3, 0.4) is 0 Å². The van der Waals surface area contributed by atoms with Crippen LogP contribution in [0.2, 0.25) is 0 Å². The summed E-state index contributed by atoms with van der Waals surface area (Å²) >= 11 is 1.30. The van der Waals surface area contributed by atoms with Crippen LogP contribution in [0.5, 0.6) is 5.75 Å². The van der Waals surface area contributed by atoms with Gasteiger partial charge < -0.3 is 9.84 Å². The number of ether oxygens (including phenoxy) is 1. The second-order valence-corrected chi connectivity index (χ2v) is 11.3. The van der Waals surface area contributed by atoms with Crippen LogP contribution in [0.4, 0.5) is 0 Å². The number of carbonyl (C=O) groups is 1. The Morgan fingerprint density at radius 3 is 2.39 bits per heavy atom. The predicted octanol–water partition coefficient (Wildman–Crippen LogP) is 6.17. The number of para-hydroxylation sites is 1. The molecule has 0 spiro atoms. The maximum atomic E-state index is 14.2. The van der Waals surface area contributed by atoms with Crippen molar-refractivity contribution in [2.45, 2.75) is 17.7 Å². The van der Waals surface area contributed by atoms with E-state index < -0.39 is 16.0 Å². The molecule has 38 heavy (non-hydrogen) atoms. The molecule has 0 saturated carbocycles. The lowest BCUT2D eigenvalue weighted by Crippen LogP contribution is -2.14. The summed E-state index contributed by atoms with van der Waals surface area (Å²) in [5.74, 6) is -0.348. The second-order valence-electron chi connectivity index (χ2n) is 8.55. The number of thiophene rings is 1. The molecular formula is C29H22N2O5S2. The van der Waals surface area contributed by atoms with Crippen LogP contribution in [-0.4, -0.2) is 30.6 Å². The number of nitrogens with zero attached hydrogens (tertiary/aromatic N) is 2. The molecule has 9 heteroatoms. The van der Waals surface area contributed by atoms with Crippen LogP contribution in [-0.2, 0) is 21.2 Å². The zero-order valence-corrected chi connectivity index (χ0v) is 21.9. The van der Waals surface area contributed by atoms with E-state index in [1.807, 2.05) is 35.7 Å². The van der Waals surface area contributed by atoms with Crippen LogP contribution in [0.15, 0.2) is 89.1 Å². The quantitative estimate of drug-likeness (QED) is 0.251. The summed E-state index contributed by atoms with van der Waals surface area (Å²) in [6, 6.07) is 24.7. The highest BCUT2D eigenvalue weighted by Gasteiger charge is 2.29. The van der Waals surface area contributed by atoms with Gasteiger partial charge in [0.25, 0.3) is 10.0 Å². The first-order valence-electron chi connectivity index (χ1n) is 11.7. The maximum Gasteiger partial charge on any atom is 0.303 e. The van der Waals surface area contributed by atoms with Crippen LogP contribution < -0.4 is 4.74 Å². The molecular weight excluding hydrogens is 520 g/mol. The molecule has 2 heterocycles. The largest absolute Gasteiger partial charge is 0.497 e. The Kier molecular flexibility index (Phi) is 6.76. The molecule has 0 fully saturated rings.